The number of carbonyl (C=O) groups is 3. The first-order valence-electron chi connectivity index (χ1n) is 23.9. The smallest absolute Gasteiger partial charge is 0.462 e. The number of carbonyl (C=O) groups excluding carboxylic acids is 3. The minimum Gasteiger partial charge on any atom is -0.462 e. The zero-order valence-corrected chi connectivity index (χ0v) is 38.6. The van der Waals surface area contributed by atoms with E-state index in [1.54, 1.807) is 0 Å². The van der Waals surface area contributed by atoms with Gasteiger partial charge in [0, 0.05) is 32.6 Å². The van der Waals surface area contributed by atoms with Gasteiger partial charge in [0.25, 0.3) is 0 Å². The fourth-order valence-electron chi connectivity index (χ4n) is 6.25. The van der Waals surface area contributed by atoms with Crippen molar-refractivity contribution in [1.82, 2.24) is 4.90 Å². The molecule has 344 valence electrons. The zero-order valence-electron chi connectivity index (χ0n) is 38.6. The average Bonchev–Trinajstić information content (AvgIpc) is 3.24. The lowest BCUT2D eigenvalue weighted by atomic mass is 10.1. The van der Waals surface area contributed by atoms with Crippen LogP contribution in [-0.2, 0) is 38.0 Å². The average molecular weight is 836 g/mol. The van der Waals surface area contributed by atoms with Crippen LogP contribution in [0, 0.1) is 0 Å². The quantitative estimate of drug-likeness (QED) is 0.0194. The van der Waals surface area contributed by atoms with Crippen LogP contribution in [0.25, 0.3) is 0 Å². The van der Waals surface area contributed by atoms with Gasteiger partial charge in [0.2, 0.25) is 0 Å². The fraction of sp³-hybridized carbons (Fsp3) is 0.816. The maximum absolute atomic E-state index is 12.9. The molecule has 0 amide bonds. The molecular formula is C49H89NO9. The molecule has 0 saturated heterocycles. The van der Waals surface area contributed by atoms with Crippen molar-refractivity contribution in [3.05, 3.63) is 36.5 Å². The van der Waals surface area contributed by atoms with E-state index in [1.165, 1.54) is 70.6 Å². The van der Waals surface area contributed by atoms with Crippen molar-refractivity contribution in [1.29, 1.82) is 0 Å². The molecule has 0 heterocycles. The van der Waals surface area contributed by atoms with E-state index in [0.29, 0.717) is 32.5 Å². The van der Waals surface area contributed by atoms with Crippen molar-refractivity contribution in [3.63, 3.8) is 0 Å². The second kappa shape index (κ2) is 44.9. The summed E-state index contributed by atoms with van der Waals surface area (Å²) in [5, 5.41) is 0. The molecule has 0 aliphatic rings. The Hall–Kier alpha value is -2.69. The van der Waals surface area contributed by atoms with Crippen LogP contribution in [0.3, 0.4) is 0 Å². The summed E-state index contributed by atoms with van der Waals surface area (Å²) in [6.07, 6.45) is 35.4. The third-order valence-corrected chi connectivity index (χ3v) is 10.1. The SMILES string of the molecule is CCCCC/C=C\C/C=C\C/C=C/CCCCC(=O)OCC(COC(=O)CCC(OCCCCCCCC)OCCCCCCCC)OC(=O)OCCCN(CC)CC. The van der Waals surface area contributed by atoms with Crippen molar-refractivity contribution in [3.8, 4) is 0 Å². The number of ether oxygens (including phenoxy) is 6. The monoisotopic (exact) mass is 836 g/mol. The number of rotatable bonds is 43. The maximum Gasteiger partial charge on any atom is 0.508 e. The third kappa shape index (κ3) is 40.5. The summed E-state index contributed by atoms with van der Waals surface area (Å²) in [5.74, 6) is -0.855. The first-order valence-corrected chi connectivity index (χ1v) is 23.9. The predicted octanol–water partition coefficient (Wildman–Crippen LogP) is 12.8. The highest BCUT2D eigenvalue weighted by Crippen LogP contribution is 2.13. The van der Waals surface area contributed by atoms with Crippen molar-refractivity contribution in [2.24, 2.45) is 0 Å². The number of hydrogen-bond donors (Lipinski definition) is 0. The molecule has 0 aromatic rings. The summed E-state index contributed by atoms with van der Waals surface area (Å²) < 4.78 is 33.9. The van der Waals surface area contributed by atoms with Gasteiger partial charge in [-0.2, -0.15) is 0 Å². The highest BCUT2D eigenvalue weighted by atomic mass is 16.7. The lowest BCUT2D eigenvalue weighted by Gasteiger charge is -2.20. The molecule has 0 aliphatic carbocycles. The van der Waals surface area contributed by atoms with E-state index < -0.39 is 24.5 Å². The maximum atomic E-state index is 12.9. The summed E-state index contributed by atoms with van der Waals surface area (Å²) in [6, 6.07) is 0. The van der Waals surface area contributed by atoms with Crippen LogP contribution >= 0.6 is 0 Å². The highest BCUT2D eigenvalue weighted by Gasteiger charge is 2.21. The van der Waals surface area contributed by atoms with Crippen molar-refractivity contribution < 1.29 is 42.8 Å². The van der Waals surface area contributed by atoms with Crippen LogP contribution in [-0.4, -0.2) is 88.1 Å². The summed E-state index contributed by atoms with van der Waals surface area (Å²) in [5.41, 5.74) is 0. The van der Waals surface area contributed by atoms with E-state index >= 15 is 0 Å². The largest absolute Gasteiger partial charge is 0.508 e. The van der Waals surface area contributed by atoms with Gasteiger partial charge in [-0.15, -0.1) is 0 Å². The molecule has 0 rings (SSSR count). The minimum absolute atomic E-state index is 0.0846. The van der Waals surface area contributed by atoms with Gasteiger partial charge in [0.15, 0.2) is 12.4 Å². The minimum atomic E-state index is -0.991. The molecule has 0 saturated carbocycles. The van der Waals surface area contributed by atoms with Gasteiger partial charge in [0.1, 0.15) is 13.2 Å². The molecule has 1 atom stereocenters. The van der Waals surface area contributed by atoms with Gasteiger partial charge in [0.05, 0.1) is 13.0 Å². The Kier molecular flexibility index (Phi) is 42.8. The molecule has 0 fully saturated rings. The molecular weight excluding hydrogens is 747 g/mol. The topological polar surface area (TPSA) is 110 Å². The Bertz CT molecular complexity index is 1020. The van der Waals surface area contributed by atoms with Crippen LogP contribution in [0.4, 0.5) is 4.79 Å². The molecule has 1 unspecified atom stereocenters. The van der Waals surface area contributed by atoms with E-state index in [4.69, 9.17) is 28.4 Å². The predicted molar refractivity (Wildman–Crippen MR) is 241 cm³/mol. The van der Waals surface area contributed by atoms with Gasteiger partial charge in [-0.3, -0.25) is 9.59 Å². The van der Waals surface area contributed by atoms with Crippen LogP contribution < -0.4 is 0 Å². The van der Waals surface area contributed by atoms with Crippen LogP contribution in [0.2, 0.25) is 0 Å². The molecule has 0 aromatic heterocycles. The number of allylic oxidation sites excluding steroid dienone is 6. The van der Waals surface area contributed by atoms with E-state index in [1.807, 2.05) is 0 Å². The summed E-state index contributed by atoms with van der Waals surface area (Å²) in [4.78, 5) is 40.3. The van der Waals surface area contributed by atoms with E-state index in [9.17, 15) is 14.4 Å². The van der Waals surface area contributed by atoms with Crippen molar-refractivity contribution >= 4 is 18.1 Å². The van der Waals surface area contributed by atoms with Crippen molar-refractivity contribution in [2.75, 3.05) is 52.7 Å². The molecule has 0 bridgehead atoms. The third-order valence-electron chi connectivity index (χ3n) is 10.1. The van der Waals surface area contributed by atoms with E-state index in [0.717, 1.165) is 77.4 Å². The number of hydrogen-bond acceptors (Lipinski definition) is 10. The standard InChI is InChI=1S/C49H89NO9/c1-6-11-14-17-20-21-22-23-24-25-26-27-28-29-32-36-46(51)57-43-45(59-49(53)56-42-35-39-50(9-4)10-5)44-58-47(52)37-38-48(54-40-33-30-18-15-12-7-2)55-41-34-31-19-16-13-8-3/h20-21,23-24,26-27,45,48H,6-19,22,25,28-44H2,1-5H3/b21-20-,24-23-,27-26+. The van der Waals surface area contributed by atoms with Crippen LogP contribution in [0.15, 0.2) is 36.5 Å². The molecule has 0 N–H and O–H groups in total. The van der Waals surface area contributed by atoms with Gasteiger partial charge in [-0.1, -0.05) is 148 Å². The number of esters is 2. The summed E-state index contributed by atoms with van der Waals surface area (Å²) >= 11 is 0. The Morgan fingerprint density at radius 3 is 1.51 bits per heavy atom. The number of nitrogens with zero attached hydrogens (tertiary/aromatic N) is 1. The molecule has 0 aromatic carbocycles. The van der Waals surface area contributed by atoms with Crippen LogP contribution in [0.5, 0.6) is 0 Å². The lowest BCUT2D eigenvalue weighted by Crippen LogP contribution is -2.32. The summed E-state index contributed by atoms with van der Waals surface area (Å²) in [7, 11) is 0. The first kappa shape index (κ1) is 56.3. The van der Waals surface area contributed by atoms with Gasteiger partial charge in [-0.25, -0.2) is 4.79 Å². The van der Waals surface area contributed by atoms with Crippen molar-refractivity contribution in [2.45, 2.75) is 208 Å². The van der Waals surface area contributed by atoms with E-state index in [-0.39, 0.29) is 38.6 Å². The molecule has 0 radical (unpaired) electrons. The fourth-order valence-corrected chi connectivity index (χ4v) is 6.25. The zero-order chi connectivity index (χ0) is 43.3. The van der Waals surface area contributed by atoms with Gasteiger partial charge >= 0.3 is 18.1 Å². The Balaban J connectivity index is 4.89. The molecule has 59 heavy (non-hydrogen) atoms. The Morgan fingerprint density at radius 1 is 0.492 bits per heavy atom. The molecule has 0 aliphatic heterocycles. The van der Waals surface area contributed by atoms with E-state index in [2.05, 4.69) is 76.0 Å². The summed E-state index contributed by atoms with van der Waals surface area (Å²) in [6.45, 7) is 14.4. The second-order valence-corrected chi connectivity index (χ2v) is 15.5. The number of unbranched alkanes of at least 4 members (excludes halogenated alkanes) is 15. The highest BCUT2D eigenvalue weighted by molar-refractivity contribution is 5.70. The normalized spacial score (nSPS) is 12.4. The molecule has 10 nitrogen and oxygen atoms in total. The molecule has 0 spiro atoms. The first-order chi connectivity index (χ1) is 28.9. The van der Waals surface area contributed by atoms with Gasteiger partial charge in [-0.05, 0) is 77.3 Å². The lowest BCUT2D eigenvalue weighted by molar-refractivity contribution is -0.163. The van der Waals surface area contributed by atoms with Gasteiger partial charge < -0.3 is 33.3 Å². The Labute approximate surface area is 361 Å². The molecule has 10 heteroatoms. The Morgan fingerprint density at radius 2 is 0.966 bits per heavy atom. The van der Waals surface area contributed by atoms with Crippen LogP contribution in [0.1, 0.15) is 195 Å². The second-order valence-electron chi connectivity index (χ2n) is 15.5.